The fraction of sp³-hybridized carbons (Fsp3) is 0.0556. The molecule has 0 atom stereocenters. The molecule has 0 unspecified atom stereocenters. The molecule has 0 radical (unpaired) electrons. The van der Waals surface area contributed by atoms with Crippen molar-refractivity contribution in [2.45, 2.75) is 6.54 Å². The maximum absolute atomic E-state index is 5.48. The average Bonchev–Trinajstić information content (AvgIpc) is 3.34. The number of imidazole rings is 1. The number of nitrogens with one attached hydrogen (secondary N) is 1. The van der Waals surface area contributed by atoms with E-state index < -0.39 is 0 Å². The molecule has 5 aromatic rings. The lowest BCUT2D eigenvalue weighted by atomic mass is 10.1. The van der Waals surface area contributed by atoms with E-state index in [0.29, 0.717) is 18.3 Å². The lowest BCUT2D eigenvalue weighted by Crippen LogP contribution is -1.99. The highest BCUT2D eigenvalue weighted by atomic mass is 16.5. The molecule has 0 amide bonds. The highest BCUT2D eigenvalue weighted by Gasteiger charge is 2.13. The molecule has 5 rings (SSSR count). The number of nitrogens with zero attached hydrogens (tertiary/aromatic N) is 4. The molecule has 0 aliphatic heterocycles. The lowest BCUT2D eigenvalue weighted by molar-refractivity contribution is 0.421. The molecule has 0 aliphatic rings. The van der Waals surface area contributed by atoms with E-state index in [1.54, 1.807) is 6.33 Å². The minimum Gasteiger partial charge on any atom is -0.361 e. The molecule has 6 heteroatoms. The van der Waals surface area contributed by atoms with Crippen LogP contribution >= 0.6 is 0 Å². The highest BCUT2D eigenvalue weighted by molar-refractivity contribution is 5.92. The van der Waals surface area contributed by atoms with Crippen LogP contribution in [-0.4, -0.2) is 24.7 Å². The first kappa shape index (κ1) is 13.1. The van der Waals surface area contributed by atoms with Crippen molar-refractivity contribution in [1.29, 1.82) is 0 Å². The third-order valence-corrected chi connectivity index (χ3v) is 4.13. The Morgan fingerprint density at radius 2 is 2.00 bits per heavy atom. The van der Waals surface area contributed by atoms with Crippen molar-refractivity contribution in [3.63, 3.8) is 0 Å². The van der Waals surface area contributed by atoms with Crippen LogP contribution < -0.4 is 0 Å². The van der Waals surface area contributed by atoms with Crippen LogP contribution in [0, 0.1) is 0 Å². The molecule has 0 saturated heterocycles. The van der Waals surface area contributed by atoms with E-state index in [-0.39, 0.29) is 0 Å². The van der Waals surface area contributed by atoms with Gasteiger partial charge in [-0.15, -0.1) is 0 Å². The molecular formula is C18H13N5O. The molecule has 2 aromatic carbocycles. The molecule has 0 fully saturated rings. The first-order chi connectivity index (χ1) is 11.9. The monoisotopic (exact) mass is 315 g/mol. The summed E-state index contributed by atoms with van der Waals surface area (Å²) in [6.45, 7) is 0.521. The van der Waals surface area contributed by atoms with Crippen LogP contribution in [0.1, 0.15) is 5.82 Å². The van der Waals surface area contributed by atoms with Gasteiger partial charge in [-0.25, -0.2) is 4.98 Å². The Bertz CT molecular complexity index is 1150. The van der Waals surface area contributed by atoms with Gasteiger partial charge < -0.3 is 14.1 Å². The Morgan fingerprint density at radius 1 is 1.04 bits per heavy atom. The number of fused-ring (bicyclic) bond motifs is 2. The van der Waals surface area contributed by atoms with Crippen LogP contribution in [-0.2, 0) is 6.54 Å². The van der Waals surface area contributed by atoms with Crippen LogP contribution in [0.3, 0.4) is 0 Å². The van der Waals surface area contributed by atoms with Crippen LogP contribution in [0.25, 0.3) is 33.4 Å². The van der Waals surface area contributed by atoms with E-state index in [4.69, 9.17) is 4.52 Å². The highest BCUT2D eigenvalue weighted by Crippen LogP contribution is 2.27. The van der Waals surface area contributed by atoms with Crippen molar-refractivity contribution in [1.82, 2.24) is 24.7 Å². The number of benzene rings is 2. The summed E-state index contributed by atoms with van der Waals surface area (Å²) in [5.74, 6) is 1.15. The summed E-state index contributed by atoms with van der Waals surface area (Å²) >= 11 is 0. The topological polar surface area (TPSA) is 72.5 Å². The van der Waals surface area contributed by atoms with E-state index in [0.717, 1.165) is 27.5 Å². The van der Waals surface area contributed by atoms with Crippen molar-refractivity contribution in [3.8, 4) is 11.5 Å². The summed E-state index contributed by atoms with van der Waals surface area (Å²) in [5, 5.41) is 5.19. The predicted octanol–water partition coefficient (Wildman–Crippen LogP) is 3.62. The fourth-order valence-corrected chi connectivity index (χ4v) is 2.99. The van der Waals surface area contributed by atoms with Gasteiger partial charge in [-0.05, 0) is 30.3 Å². The van der Waals surface area contributed by atoms with E-state index in [9.17, 15) is 0 Å². The quantitative estimate of drug-likeness (QED) is 0.552. The second kappa shape index (κ2) is 5.06. The van der Waals surface area contributed by atoms with Gasteiger partial charge in [0.25, 0.3) is 5.89 Å². The summed E-state index contributed by atoms with van der Waals surface area (Å²) in [7, 11) is 0. The Hall–Kier alpha value is -3.41. The number of hydrogen-bond acceptors (Lipinski definition) is 4. The van der Waals surface area contributed by atoms with Gasteiger partial charge in [0.1, 0.15) is 0 Å². The van der Waals surface area contributed by atoms with Crippen molar-refractivity contribution >= 4 is 21.9 Å². The third kappa shape index (κ3) is 2.00. The molecule has 24 heavy (non-hydrogen) atoms. The smallest absolute Gasteiger partial charge is 0.258 e. The van der Waals surface area contributed by atoms with Crippen molar-refractivity contribution < 1.29 is 4.52 Å². The number of para-hydroxylation sites is 2. The van der Waals surface area contributed by atoms with Crippen LogP contribution in [0.2, 0.25) is 0 Å². The van der Waals surface area contributed by atoms with E-state index in [1.165, 1.54) is 0 Å². The molecule has 3 aromatic heterocycles. The normalized spacial score (nSPS) is 11.5. The molecule has 116 valence electrons. The van der Waals surface area contributed by atoms with Crippen molar-refractivity contribution in [2.75, 3.05) is 0 Å². The van der Waals surface area contributed by atoms with Gasteiger partial charge in [0.15, 0.2) is 5.82 Å². The number of rotatable bonds is 3. The van der Waals surface area contributed by atoms with Gasteiger partial charge >= 0.3 is 0 Å². The first-order valence-corrected chi connectivity index (χ1v) is 7.67. The summed E-state index contributed by atoms with van der Waals surface area (Å²) in [4.78, 5) is 12.1. The average molecular weight is 315 g/mol. The molecule has 0 bridgehead atoms. The minimum absolute atomic E-state index is 0.521. The summed E-state index contributed by atoms with van der Waals surface area (Å²) in [6.07, 6.45) is 3.71. The van der Waals surface area contributed by atoms with E-state index in [1.807, 2.05) is 59.3 Å². The van der Waals surface area contributed by atoms with Crippen LogP contribution in [0.4, 0.5) is 0 Å². The summed E-state index contributed by atoms with van der Waals surface area (Å²) < 4.78 is 7.50. The Balaban J connectivity index is 1.52. The van der Waals surface area contributed by atoms with E-state index in [2.05, 4.69) is 20.1 Å². The van der Waals surface area contributed by atoms with Gasteiger partial charge in [-0.2, -0.15) is 4.98 Å². The number of aromatic amines is 1. The zero-order chi connectivity index (χ0) is 15.9. The number of hydrogen-bond donors (Lipinski definition) is 1. The van der Waals surface area contributed by atoms with Crippen molar-refractivity contribution in [2.24, 2.45) is 0 Å². The predicted molar refractivity (Wildman–Crippen MR) is 90.4 cm³/mol. The maximum Gasteiger partial charge on any atom is 0.258 e. The number of aromatic nitrogens is 5. The Morgan fingerprint density at radius 3 is 3.00 bits per heavy atom. The third-order valence-electron chi connectivity index (χ3n) is 4.13. The van der Waals surface area contributed by atoms with Crippen LogP contribution in [0.5, 0.6) is 0 Å². The Labute approximate surface area is 136 Å². The van der Waals surface area contributed by atoms with Gasteiger partial charge in [0.05, 0.1) is 23.9 Å². The Kier molecular flexibility index (Phi) is 2.75. The second-order valence-corrected chi connectivity index (χ2v) is 5.62. The molecule has 0 spiro atoms. The van der Waals surface area contributed by atoms with Gasteiger partial charge in [-0.1, -0.05) is 23.4 Å². The zero-order valence-corrected chi connectivity index (χ0v) is 12.7. The molecule has 0 aliphatic carbocycles. The fourth-order valence-electron chi connectivity index (χ4n) is 2.99. The molecule has 0 saturated carbocycles. The summed E-state index contributed by atoms with van der Waals surface area (Å²) in [5.41, 5.74) is 3.99. The van der Waals surface area contributed by atoms with Gasteiger partial charge in [-0.3, -0.25) is 0 Å². The first-order valence-electron chi connectivity index (χ1n) is 7.67. The van der Waals surface area contributed by atoms with E-state index >= 15 is 0 Å². The standard InChI is InChI=1S/C18H13N5O/c1-2-7-16-15(5-1)20-11-23(16)10-17-21-18(24-22-17)13-4-3-6-14-12(13)8-9-19-14/h1-9,11,19H,10H2. The van der Waals surface area contributed by atoms with Gasteiger partial charge in [0, 0.05) is 22.7 Å². The maximum atomic E-state index is 5.48. The SMILES string of the molecule is c1ccc2c(c1)ncn2Cc1noc(-c2cccc3[nH]ccc23)n1. The molecular weight excluding hydrogens is 302 g/mol. The van der Waals surface area contributed by atoms with Crippen LogP contribution in [0.15, 0.2) is 65.6 Å². The molecule has 6 nitrogen and oxygen atoms in total. The largest absolute Gasteiger partial charge is 0.361 e. The zero-order valence-electron chi connectivity index (χ0n) is 12.7. The van der Waals surface area contributed by atoms with Crippen molar-refractivity contribution in [3.05, 3.63) is 66.9 Å². The summed E-state index contributed by atoms with van der Waals surface area (Å²) in [6, 6.07) is 16.0. The molecule has 1 N–H and O–H groups in total. The lowest BCUT2D eigenvalue weighted by Gasteiger charge is -1.99. The number of H-pyrrole nitrogens is 1. The molecule has 3 heterocycles. The minimum atomic E-state index is 0.521. The second-order valence-electron chi connectivity index (χ2n) is 5.62. The van der Waals surface area contributed by atoms with Gasteiger partial charge in [0.2, 0.25) is 0 Å².